The normalized spacial score (nSPS) is 12.2. The Hall–Kier alpha value is -2.98. The van der Waals surface area contributed by atoms with Crippen LogP contribution in [0.25, 0.3) is 0 Å². The monoisotopic (exact) mass is 424 g/mol. The largest absolute Gasteiger partial charge is 0.474 e. The molecule has 3 rings (SSSR count). The molecule has 30 heavy (non-hydrogen) atoms. The number of benzene rings is 3. The van der Waals surface area contributed by atoms with Crippen molar-refractivity contribution in [2.75, 3.05) is 7.11 Å². The third kappa shape index (κ3) is 5.55. The zero-order valence-corrected chi connectivity index (χ0v) is 18.3. The molecule has 0 fully saturated rings. The van der Waals surface area contributed by atoms with E-state index in [2.05, 4.69) is 32.9 Å². The SMILES string of the molecule is COC(=O)C(Oc1ccc(Cl)cc1)c1ccc(Oc2ccc(C(C)(C)C)cc2)cc1. The zero-order chi connectivity index (χ0) is 21.7. The van der Waals surface area contributed by atoms with Crippen LogP contribution in [-0.4, -0.2) is 13.1 Å². The molecule has 156 valence electrons. The minimum absolute atomic E-state index is 0.0904. The summed E-state index contributed by atoms with van der Waals surface area (Å²) in [6.45, 7) is 6.52. The first-order chi connectivity index (χ1) is 14.3. The van der Waals surface area contributed by atoms with Crippen molar-refractivity contribution in [1.29, 1.82) is 0 Å². The summed E-state index contributed by atoms with van der Waals surface area (Å²) in [5.41, 5.74) is 1.99. The number of carbonyl (C=O) groups excluding carboxylic acids is 1. The van der Waals surface area contributed by atoms with E-state index in [1.807, 2.05) is 12.1 Å². The van der Waals surface area contributed by atoms with Crippen LogP contribution in [0.15, 0.2) is 72.8 Å². The van der Waals surface area contributed by atoms with E-state index in [1.54, 1.807) is 48.5 Å². The minimum Gasteiger partial charge on any atom is -0.474 e. The Kier molecular flexibility index (Phi) is 6.68. The van der Waals surface area contributed by atoms with Gasteiger partial charge in [-0.05, 0) is 59.5 Å². The van der Waals surface area contributed by atoms with Gasteiger partial charge in [0.25, 0.3) is 0 Å². The summed E-state index contributed by atoms with van der Waals surface area (Å²) in [5.74, 6) is 1.44. The highest BCUT2D eigenvalue weighted by atomic mass is 35.5. The average molecular weight is 425 g/mol. The smallest absolute Gasteiger partial charge is 0.351 e. The van der Waals surface area contributed by atoms with Crippen LogP contribution in [-0.2, 0) is 14.9 Å². The summed E-state index contributed by atoms with van der Waals surface area (Å²) in [4.78, 5) is 12.3. The molecule has 3 aromatic carbocycles. The van der Waals surface area contributed by atoms with E-state index < -0.39 is 12.1 Å². The second-order valence-electron chi connectivity index (χ2n) is 7.92. The van der Waals surface area contributed by atoms with Crippen LogP contribution in [0.4, 0.5) is 0 Å². The predicted molar refractivity (Wildman–Crippen MR) is 118 cm³/mol. The minimum atomic E-state index is -0.892. The molecule has 4 nitrogen and oxygen atoms in total. The number of carbonyl (C=O) groups is 1. The van der Waals surface area contributed by atoms with Gasteiger partial charge in [0, 0.05) is 10.6 Å². The van der Waals surface area contributed by atoms with E-state index in [9.17, 15) is 4.79 Å². The summed E-state index contributed by atoms with van der Waals surface area (Å²) < 4.78 is 16.7. The quantitative estimate of drug-likeness (QED) is 0.412. The molecule has 0 spiro atoms. The molecule has 0 radical (unpaired) electrons. The topological polar surface area (TPSA) is 44.8 Å². The van der Waals surface area contributed by atoms with Gasteiger partial charge in [-0.15, -0.1) is 0 Å². The molecule has 1 unspecified atom stereocenters. The fraction of sp³-hybridized carbons (Fsp3) is 0.240. The summed E-state index contributed by atoms with van der Waals surface area (Å²) in [6, 6.07) is 22.0. The molecular weight excluding hydrogens is 400 g/mol. The van der Waals surface area contributed by atoms with Crippen LogP contribution in [0.3, 0.4) is 0 Å². The second kappa shape index (κ2) is 9.23. The number of halogens is 1. The molecular formula is C25H25ClO4. The Labute approximate surface area is 182 Å². The van der Waals surface area contributed by atoms with Crippen molar-refractivity contribution in [2.24, 2.45) is 0 Å². The van der Waals surface area contributed by atoms with Gasteiger partial charge in [0.1, 0.15) is 17.2 Å². The van der Waals surface area contributed by atoms with Gasteiger partial charge < -0.3 is 14.2 Å². The van der Waals surface area contributed by atoms with Gasteiger partial charge in [-0.1, -0.05) is 56.6 Å². The van der Waals surface area contributed by atoms with E-state index >= 15 is 0 Å². The van der Waals surface area contributed by atoms with E-state index in [0.29, 0.717) is 22.1 Å². The van der Waals surface area contributed by atoms with Crippen molar-refractivity contribution in [2.45, 2.75) is 32.3 Å². The lowest BCUT2D eigenvalue weighted by molar-refractivity contribution is -0.149. The van der Waals surface area contributed by atoms with E-state index in [1.165, 1.54) is 12.7 Å². The fourth-order valence-corrected chi connectivity index (χ4v) is 3.00. The molecule has 0 bridgehead atoms. The van der Waals surface area contributed by atoms with Crippen molar-refractivity contribution in [1.82, 2.24) is 0 Å². The average Bonchev–Trinajstić information content (AvgIpc) is 2.73. The number of rotatable bonds is 6. The first-order valence-electron chi connectivity index (χ1n) is 9.65. The summed E-state index contributed by atoms with van der Waals surface area (Å²) in [5, 5.41) is 0.592. The van der Waals surface area contributed by atoms with Crippen molar-refractivity contribution >= 4 is 17.6 Å². The third-order valence-corrected chi connectivity index (χ3v) is 4.87. The van der Waals surface area contributed by atoms with Gasteiger partial charge >= 0.3 is 5.97 Å². The van der Waals surface area contributed by atoms with E-state index in [-0.39, 0.29) is 5.41 Å². The van der Waals surface area contributed by atoms with Gasteiger partial charge in [-0.25, -0.2) is 4.79 Å². The van der Waals surface area contributed by atoms with Gasteiger partial charge in [-0.3, -0.25) is 0 Å². The Bertz CT molecular complexity index is 972. The highest BCUT2D eigenvalue weighted by Crippen LogP contribution is 2.29. The van der Waals surface area contributed by atoms with Gasteiger partial charge in [0.2, 0.25) is 6.10 Å². The lowest BCUT2D eigenvalue weighted by Crippen LogP contribution is -2.20. The molecule has 3 aromatic rings. The van der Waals surface area contributed by atoms with Gasteiger partial charge in [0.05, 0.1) is 7.11 Å². The molecule has 0 aromatic heterocycles. The maximum absolute atomic E-state index is 12.3. The van der Waals surface area contributed by atoms with Crippen LogP contribution in [0.2, 0.25) is 5.02 Å². The lowest BCUT2D eigenvalue weighted by atomic mass is 9.87. The number of hydrogen-bond donors (Lipinski definition) is 0. The molecule has 0 heterocycles. The third-order valence-electron chi connectivity index (χ3n) is 4.62. The van der Waals surface area contributed by atoms with Crippen LogP contribution in [0, 0.1) is 0 Å². The molecule has 0 amide bonds. The number of ether oxygens (including phenoxy) is 3. The Morgan fingerprint density at radius 1 is 0.800 bits per heavy atom. The Balaban J connectivity index is 1.74. The molecule has 5 heteroatoms. The van der Waals surface area contributed by atoms with Crippen LogP contribution < -0.4 is 9.47 Å². The van der Waals surface area contributed by atoms with E-state index in [4.69, 9.17) is 25.8 Å². The second-order valence-corrected chi connectivity index (χ2v) is 8.36. The van der Waals surface area contributed by atoms with Gasteiger partial charge in [-0.2, -0.15) is 0 Å². The maximum Gasteiger partial charge on any atom is 0.351 e. The molecule has 0 aliphatic heterocycles. The maximum atomic E-state index is 12.3. The molecule has 0 saturated carbocycles. The lowest BCUT2D eigenvalue weighted by Gasteiger charge is -2.19. The highest BCUT2D eigenvalue weighted by Gasteiger charge is 2.24. The fourth-order valence-electron chi connectivity index (χ4n) is 2.88. The molecule has 0 aliphatic rings. The first kappa shape index (κ1) is 21.7. The van der Waals surface area contributed by atoms with Crippen LogP contribution >= 0.6 is 11.6 Å². The number of esters is 1. The zero-order valence-electron chi connectivity index (χ0n) is 17.5. The number of methoxy groups -OCH3 is 1. The molecule has 0 aliphatic carbocycles. The van der Waals surface area contributed by atoms with Gasteiger partial charge in [0.15, 0.2) is 0 Å². The summed E-state index contributed by atoms with van der Waals surface area (Å²) in [6.07, 6.45) is -0.892. The highest BCUT2D eigenvalue weighted by molar-refractivity contribution is 6.30. The predicted octanol–water partition coefficient (Wildman–Crippen LogP) is 6.72. The molecule has 0 N–H and O–H groups in total. The summed E-state index contributed by atoms with van der Waals surface area (Å²) >= 11 is 5.91. The molecule has 0 saturated heterocycles. The Morgan fingerprint density at radius 3 is 1.80 bits per heavy atom. The van der Waals surface area contributed by atoms with Crippen LogP contribution in [0.5, 0.6) is 17.2 Å². The summed E-state index contributed by atoms with van der Waals surface area (Å²) in [7, 11) is 1.33. The Morgan fingerprint density at radius 2 is 1.30 bits per heavy atom. The van der Waals surface area contributed by atoms with Crippen LogP contribution in [0.1, 0.15) is 38.0 Å². The first-order valence-corrected chi connectivity index (χ1v) is 10.0. The number of hydrogen-bond acceptors (Lipinski definition) is 4. The van der Waals surface area contributed by atoms with Crippen molar-refractivity contribution < 1.29 is 19.0 Å². The van der Waals surface area contributed by atoms with Crippen molar-refractivity contribution in [3.63, 3.8) is 0 Å². The van der Waals surface area contributed by atoms with E-state index in [0.717, 1.165) is 5.75 Å². The van der Waals surface area contributed by atoms with Crippen molar-refractivity contribution in [3.8, 4) is 17.2 Å². The standard InChI is InChI=1S/C25H25ClO4/c1-25(2,3)18-7-13-21(14-8-18)29-20-11-5-17(6-12-20)23(24(27)28-4)30-22-15-9-19(26)10-16-22/h5-16,23H,1-4H3. The van der Waals surface area contributed by atoms with Crippen molar-refractivity contribution in [3.05, 3.63) is 88.9 Å². The molecule has 1 atom stereocenters.